The number of carbonyl (C=O) groups excluding carboxylic acids is 2. The molecule has 206 valence electrons. The second-order valence-electron chi connectivity index (χ2n) is 10.6. The first-order valence-electron chi connectivity index (χ1n) is 13.9. The van der Waals surface area contributed by atoms with Crippen LogP contribution in [0.2, 0.25) is 0 Å². The van der Waals surface area contributed by atoms with E-state index in [2.05, 4.69) is 0 Å². The first kappa shape index (κ1) is 27.0. The van der Waals surface area contributed by atoms with Gasteiger partial charge in [-0.2, -0.15) is 0 Å². The molecule has 2 aromatic rings. The maximum absolute atomic E-state index is 13.9. The standard InChI is InChI=1S/C32H37NO6/c1-5-38-27-15-12-21(18-28(27)37-4)30-29(32(35)39-24-8-6-7-9-24)19(2)33-25-16-22(17-26(34)31(25)30)20-10-13-23(36-3)14-11-20/h10-15,18,22,24,29-30H,5-9,16-17H2,1-4H3. The molecule has 0 amide bonds. The molecule has 1 fully saturated rings. The maximum Gasteiger partial charge on any atom is 0.315 e. The van der Waals surface area contributed by atoms with Gasteiger partial charge in [0.15, 0.2) is 17.3 Å². The predicted molar refractivity (Wildman–Crippen MR) is 149 cm³/mol. The van der Waals surface area contributed by atoms with Crippen LogP contribution in [-0.4, -0.2) is 44.4 Å². The number of esters is 1. The highest BCUT2D eigenvalue weighted by atomic mass is 16.5. The second-order valence-corrected chi connectivity index (χ2v) is 10.6. The highest BCUT2D eigenvalue weighted by molar-refractivity contribution is 6.09. The van der Waals surface area contributed by atoms with Gasteiger partial charge in [0.25, 0.3) is 0 Å². The molecule has 3 aliphatic rings. The number of Topliss-reactive ketones (excluding diaryl/α,β-unsaturated/α-hetero) is 1. The van der Waals surface area contributed by atoms with Gasteiger partial charge in [0, 0.05) is 29.3 Å². The number of methoxy groups -OCH3 is 2. The zero-order valence-corrected chi connectivity index (χ0v) is 23.2. The molecule has 1 aliphatic heterocycles. The largest absolute Gasteiger partial charge is 0.497 e. The van der Waals surface area contributed by atoms with Crippen molar-refractivity contribution in [3.8, 4) is 17.2 Å². The minimum atomic E-state index is -0.673. The van der Waals surface area contributed by atoms with Crippen molar-refractivity contribution in [3.05, 3.63) is 64.9 Å². The summed E-state index contributed by atoms with van der Waals surface area (Å²) in [7, 11) is 3.23. The number of carbonyl (C=O) groups is 2. The Labute approximate surface area is 230 Å². The summed E-state index contributed by atoms with van der Waals surface area (Å²) in [6, 6.07) is 13.5. The van der Waals surface area contributed by atoms with Crippen LogP contribution in [-0.2, 0) is 14.3 Å². The van der Waals surface area contributed by atoms with Crippen molar-refractivity contribution in [2.24, 2.45) is 10.9 Å². The normalized spacial score (nSPS) is 23.2. The van der Waals surface area contributed by atoms with E-state index in [1.807, 2.05) is 56.3 Å². The third kappa shape index (κ3) is 5.45. The van der Waals surface area contributed by atoms with Gasteiger partial charge in [0.2, 0.25) is 0 Å². The lowest BCUT2D eigenvalue weighted by molar-refractivity contribution is -0.151. The molecule has 3 atom stereocenters. The van der Waals surface area contributed by atoms with E-state index in [1.165, 1.54) is 0 Å². The molecule has 0 aromatic heterocycles. The van der Waals surface area contributed by atoms with Gasteiger partial charge in [-0.15, -0.1) is 0 Å². The van der Waals surface area contributed by atoms with Gasteiger partial charge in [-0.25, -0.2) is 0 Å². The lowest BCUT2D eigenvalue weighted by Crippen LogP contribution is -2.39. The molecule has 0 radical (unpaired) electrons. The van der Waals surface area contributed by atoms with E-state index in [-0.39, 0.29) is 23.8 Å². The average molecular weight is 532 g/mol. The van der Waals surface area contributed by atoms with E-state index in [0.717, 1.165) is 48.3 Å². The lowest BCUT2D eigenvalue weighted by Gasteiger charge is -2.37. The van der Waals surface area contributed by atoms with Gasteiger partial charge in [0.1, 0.15) is 17.8 Å². The molecular weight excluding hydrogens is 494 g/mol. The topological polar surface area (TPSA) is 83.4 Å². The molecule has 39 heavy (non-hydrogen) atoms. The average Bonchev–Trinajstić information content (AvgIpc) is 3.45. The molecule has 0 saturated heterocycles. The van der Waals surface area contributed by atoms with Crippen LogP contribution in [0, 0.1) is 5.92 Å². The monoisotopic (exact) mass is 531 g/mol. The van der Waals surface area contributed by atoms with Crippen molar-refractivity contribution in [2.75, 3.05) is 20.8 Å². The van der Waals surface area contributed by atoms with Gasteiger partial charge in [-0.05, 0) is 87.3 Å². The Morgan fingerprint density at radius 3 is 2.33 bits per heavy atom. The summed E-state index contributed by atoms with van der Waals surface area (Å²) >= 11 is 0. The SMILES string of the molecule is CCOc1ccc(C2C3=C(CC(c4ccc(OC)cc4)CC3=O)N=C(C)C2C(=O)OC2CCCC2)cc1OC. The summed E-state index contributed by atoms with van der Waals surface area (Å²) in [5.41, 5.74) is 3.95. The molecule has 2 aliphatic carbocycles. The summed E-state index contributed by atoms with van der Waals surface area (Å²) in [5, 5.41) is 0. The number of rotatable bonds is 8. The molecule has 1 heterocycles. The van der Waals surface area contributed by atoms with Crippen molar-refractivity contribution < 1.29 is 28.5 Å². The van der Waals surface area contributed by atoms with E-state index in [1.54, 1.807) is 14.2 Å². The predicted octanol–water partition coefficient (Wildman–Crippen LogP) is 6.16. The molecule has 3 unspecified atom stereocenters. The maximum atomic E-state index is 13.9. The van der Waals surface area contributed by atoms with Gasteiger partial charge in [0.05, 0.1) is 20.8 Å². The zero-order chi connectivity index (χ0) is 27.5. The van der Waals surface area contributed by atoms with Crippen LogP contribution in [0.15, 0.2) is 58.7 Å². The van der Waals surface area contributed by atoms with Crippen molar-refractivity contribution in [1.29, 1.82) is 0 Å². The van der Waals surface area contributed by atoms with E-state index in [0.29, 0.717) is 42.2 Å². The fourth-order valence-electron chi connectivity index (χ4n) is 6.23. The molecule has 7 heteroatoms. The van der Waals surface area contributed by atoms with E-state index >= 15 is 0 Å². The van der Waals surface area contributed by atoms with Crippen molar-refractivity contribution >= 4 is 17.5 Å². The van der Waals surface area contributed by atoms with Crippen LogP contribution in [0.4, 0.5) is 0 Å². The van der Waals surface area contributed by atoms with Crippen molar-refractivity contribution in [3.63, 3.8) is 0 Å². The second kappa shape index (κ2) is 11.6. The lowest BCUT2D eigenvalue weighted by atomic mass is 9.69. The molecule has 1 saturated carbocycles. The Morgan fingerprint density at radius 2 is 1.67 bits per heavy atom. The summed E-state index contributed by atoms with van der Waals surface area (Å²) in [5.74, 6) is 0.519. The number of nitrogens with zero attached hydrogens (tertiary/aromatic N) is 1. The molecule has 2 aromatic carbocycles. The Kier molecular flexibility index (Phi) is 8.05. The molecular formula is C32H37NO6. The molecule has 5 rings (SSSR count). The zero-order valence-electron chi connectivity index (χ0n) is 23.2. The molecule has 0 bridgehead atoms. The fourth-order valence-corrected chi connectivity index (χ4v) is 6.23. The smallest absolute Gasteiger partial charge is 0.315 e. The first-order valence-corrected chi connectivity index (χ1v) is 13.9. The van der Waals surface area contributed by atoms with Crippen LogP contribution in [0.25, 0.3) is 0 Å². The minimum absolute atomic E-state index is 0.0104. The molecule has 0 N–H and O–H groups in total. The fraction of sp³-hybridized carbons (Fsp3) is 0.469. The van der Waals surface area contributed by atoms with Gasteiger partial charge in [-0.3, -0.25) is 14.6 Å². The number of ether oxygens (including phenoxy) is 4. The molecule has 7 nitrogen and oxygen atoms in total. The third-order valence-corrected chi connectivity index (χ3v) is 8.16. The molecule has 0 spiro atoms. The quantitative estimate of drug-likeness (QED) is 0.379. The number of hydrogen-bond acceptors (Lipinski definition) is 7. The first-order chi connectivity index (χ1) is 18.9. The van der Waals surface area contributed by atoms with E-state index in [4.69, 9.17) is 23.9 Å². The number of hydrogen-bond donors (Lipinski definition) is 0. The Balaban J connectivity index is 1.55. The minimum Gasteiger partial charge on any atom is -0.497 e. The van der Waals surface area contributed by atoms with Crippen LogP contribution in [0.3, 0.4) is 0 Å². The van der Waals surface area contributed by atoms with Crippen molar-refractivity contribution in [2.45, 2.75) is 70.3 Å². The number of ketones is 1. The summed E-state index contributed by atoms with van der Waals surface area (Å²) in [6.45, 7) is 4.30. The Bertz CT molecular complexity index is 1290. The van der Waals surface area contributed by atoms with E-state index in [9.17, 15) is 9.59 Å². The summed E-state index contributed by atoms with van der Waals surface area (Å²) in [4.78, 5) is 32.5. The Morgan fingerprint density at radius 1 is 0.949 bits per heavy atom. The third-order valence-electron chi connectivity index (χ3n) is 8.16. The van der Waals surface area contributed by atoms with Gasteiger partial charge >= 0.3 is 5.97 Å². The Hall–Kier alpha value is -3.61. The van der Waals surface area contributed by atoms with Gasteiger partial charge < -0.3 is 18.9 Å². The van der Waals surface area contributed by atoms with Crippen LogP contribution < -0.4 is 14.2 Å². The van der Waals surface area contributed by atoms with Crippen molar-refractivity contribution in [1.82, 2.24) is 0 Å². The summed E-state index contributed by atoms with van der Waals surface area (Å²) < 4.78 is 22.7. The highest BCUT2D eigenvalue weighted by Crippen LogP contribution is 2.48. The number of allylic oxidation sites excluding steroid dienone is 2. The van der Waals surface area contributed by atoms with Gasteiger partial charge in [-0.1, -0.05) is 18.2 Å². The summed E-state index contributed by atoms with van der Waals surface area (Å²) in [6.07, 6.45) is 4.80. The van der Waals surface area contributed by atoms with Crippen LogP contribution in [0.1, 0.15) is 75.3 Å². The number of benzene rings is 2. The van der Waals surface area contributed by atoms with Crippen LogP contribution in [0.5, 0.6) is 17.2 Å². The highest BCUT2D eigenvalue weighted by Gasteiger charge is 2.45. The number of aliphatic imine (C=N–C) groups is 1. The van der Waals surface area contributed by atoms with Crippen LogP contribution >= 0.6 is 0 Å². The van der Waals surface area contributed by atoms with E-state index < -0.39 is 11.8 Å².